The summed E-state index contributed by atoms with van der Waals surface area (Å²) in [7, 11) is 0. The van der Waals surface area contributed by atoms with Crippen LogP contribution in [0.2, 0.25) is 0 Å². The number of nitrogens with one attached hydrogen (secondary N) is 1. The van der Waals surface area contributed by atoms with E-state index in [1.165, 1.54) is 6.42 Å². The molecule has 0 bridgehead atoms. The molecule has 1 N–H and O–H groups in total. The summed E-state index contributed by atoms with van der Waals surface area (Å²) >= 11 is 0. The monoisotopic (exact) mass is 523 g/mol. The van der Waals surface area contributed by atoms with Crippen LogP contribution in [-0.2, 0) is 14.3 Å². The third kappa shape index (κ3) is 7.84. The lowest BCUT2D eigenvalue weighted by Crippen LogP contribution is -2.55. The number of carbonyl (C=O) groups excluding carboxylic acids is 1. The molecule has 8 nitrogen and oxygen atoms in total. The molecule has 1 atom stereocenters. The first-order valence-corrected chi connectivity index (χ1v) is 11.0. The van der Waals surface area contributed by atoms with Crippen molar-refractivity contribution in [3.05, 3.63) is 0 Å². The number of guanidine groups is 1. The lowest BCUT2D eigenvalue weighted by molar-refractivity contribution is -0.142. The number of hydrogen-bond acceptors (Lipinski definition) is 5. The van der Waals surface area contributed by atoms with Crippen LogP contribution < -0.4 is 5.32 Å². The van der Waals surface area contributed by atoms with Crippen LogP contribution in [0.25, 0.3) is 0 Å². The Kier molecular flexibility index (Phi) is 11.6. The van der Waals surface area contributed by atoms with Gasteiger partial charge in [0.25, 0.3) is 5.91 Å². The highest BCUT2D eigenvalue weighted by molar-refractivity contribution is 14.0. The highest BCUT2D eigenvalue weighted by atomic mass is 127. The molecular weight excluding hydrogens is 485 g/mol. The second-order valence-electron chi connectivity index (χ2n) is 7.71. The minimum absolute atomic E-state index is 0. The van der Waals surface area contributed by atoms with E-state index in [0.29, 0.717) is 0 Å². The Balaban J connectivity index is 0.00000300. The lowest BCUT2D eigenvalue weighted by Gasteiger charge is -2.37. The standard InChI is InChI=1S/C20H37N5O3.HI/c1-2-21-20(22-7-3-4-8-23-13-16-27-17-14-23)25-11-9-24(10-12-25)19(26)18-6-5-15-28-18;/h18H,2-17H2,1H3,(H,21,22);1H. The van der Waals surface area contributed by atoms with Crippen molar-refractivity contribution in [1.29, 1.82) is 0 Å². The first-order chi connectivity index (χ1) is 13.8. The highest BCUT2D eigenvalue weighted by Gasteiger charge is 2.30. The van der Waals surface area contributed by atoms with Gasteiger partial charge in [-0.3, -0.25) is 14.7 Å². The molecule has 3 fully saturated rings. The molecule has 9 heteroatoms. The predicted octanol–water partition coefficient (Wildman–Crippen LogP) is 1.01. The van der Waals surface area contributed by atoms with Gasteiger partial charge in [0, 0.05) is 59.0 Å². The van der Waals surface area contributed by atoms with Gasteiger partial charge in [-0.2, -0.15) is 0 Å². The number of ether oxygens (including phenoxy) is 2. The second kappa shape index (κ2) is 13.6. The molecule has 3 aliphatic rings. The molecule has 0 spiro atoms. The molecule has 0 radical (unpaired) electrons. The largest absolute Gasteiger partial charge is 0.379 e. The van der Waals surface area contributed by atoms with Crippen molar-refractivity contribution in [2.45, 2.75) is 38.7 Å². The first kappa shape index (κ1) is 24.6. The Labute approximate surface area is 192 Å². The van der Waals surface area contributed by atoms with Crippen LogP contribution in [0.5, 0.6) is 0 Å². The van der Waals surface area contributed by atoms with E-state index in [1.807, 2.05) is 4.90 Å². The van der Waals surface area contributed by atoms with Gasteiger partial charge in [-0.05, 0) is 39.2 Å². The third-order valence-corrected chi connectivity index (χ3v) is 5.68. The molecule has 0 aromatic rings. The third-order valence-electron chi connectivity index (χ3n) is 5.68. The van der Waals surface area contributed by atoms with E-state index in [-0.39, 0.29) is 36.0 Å². The molecule has 0 aliphatic carbocycles. The van der Waals surface area contributed by atoms with Crippen molar-refractivity contribution in [1.82, 2.24) is 20.0 Å². The van der Waals surface area contributed by atoms with E-state index < -0.39 is 0 Å². The molecule has 3 heterocycles. The molecule has 0 aromatic heterocycles. The fourth-order valence-electron chi connectivity index (χ4n) is 4.00. The van der Waals surface area contributed by atoms with Gasteiger partial charge < -0.3 is 24.6 Å². The van der Waals surface area contributed by atoms with Crippen molar-refractivity contribution in [2.24, 2.45) is 4.99 Å². The van der Waals surface area contributed by atoms with Gasteiger partial charge in [0.05, 0.1) is 13.2 Å². The number of halogens is 1. The Hall–Kier alpha value is -0.650. The van der Waals surface area contributed by atoms with Gasteiger partial charge in [-0.1, -0.05) is 0 Å². The Morgan fingerprint density at radius 3 is 2.41 bits per heavy atom. The van der Waals surface area contributed by atoms with Crippen LogP contribution in [0.3, 0.4) is 0 Å². The van der Waals surface area contributed by atoms with Gasteiger partial charge in [0.1, 0.15) is 6.10 Å². The van der Waals surface area contributed by atoms with Gasteiger partial charge >= 0.3 is 0 Å². The number of amides is 1. The van der Waals surface area contributed by atoms with Crippen molar-refractivity contribution in [3.63, 3.8) is 0 Å². The van der Waals surface area contributed by atoms with Crippen LogP contribution in [0.15, 0.2) is 4.99 Å². The summed E-state index contributed by atoms with van der Waals surface area (Å²) in [4.78, 5) is 24.0. The van der Waals surface area contributed by atoms with Gasteiger partial charge in [-0.25, -0.2) is 0 Å². The average Bonchev–Trinajstić information content (AvgIpc) is 3.28. The van der Waals surface area contributed by atoms with Crippen LogP contribution in [0.4, 0.5) is 0 Å². The summed E-state index contributed by atoms with van der Waals surface area (Å²) in [5, 5.41) is 3.41. The maximum Gasteiger partial charge on any atom is 0.251 e. The minimum atomic E-state index is -0.208. The summed E-state index contributed by atoms with van der Waals surface area (Å²) < 4.78 is 10.9. The number of hydrogen-bond donors (Lipinski definition) is 1. The fraction of sp³-hybridized carbons (Fsp3) is 0.900. The van der Waals surface area contributed by atoms with Crippen molar-refractivity contribution in [2.75, 3.05) is 78.7 Å². The van der Waals surface area contributed by atoms with Crippen LogP contribution >= 0.6 is 24.0 Å². The zero-order valence-electron chi connectivity index (χ0n) is 17.8. The number of piperazine rings is 1. The summed E-state index contributed by atoms with van der Waals surface area (Å²) in [6, 6.07) is 0. The Morgan fingerprint density at radius 2 is 1.76 bits per heavy atom. The predicted molar refractivity (Wildman–Crippen MR) is 125 cm³/mol. The van der Waals surface area contributed by atoms with E-state index >= 15 is 0 Å². The number of unbranched alkanes of at least 4 members (excludes halogenated alkanes) is 1. The van der Waals surface area contributed by atoms with Gasteiger partial charge in [-0.15, -0.1) is 24.0 Å². The number of aliphatic imine (C=N–C) groups is 1. The first-order valence-electron chi connectivity index (χ1n) is 11.0. The Morgan fingerprint density at radius 1 is 1.03 bits per heavy atom. The SMILES string of the molecule is CCNC(=NCCCCN1CCOCC1)N1CCN(C(=O)C2CCCO2)CC1.I. The van der Waals surface area contributed by atoms with Crippen molar-refractivity contribution in [3.8, 4) is 0 Å². The Bertz CT molecular complexity index is 502. The number of carbonyl (C=O) groups is 1. The van der Waals surface area contributed by atoms with E-state index in [4.69, 9.17) is 14.5 Å². The van der Waals surface area contributed by atoms with E-state index in [2.05, 4.69) is 22.0 Å². The topological polar surface area (TPSA) is 69.6 Å². The van der Waals surface area contributed by atoms with E-state index in [0.717, 1.165) is 104 Å². The number of rotatable bonds is 7. The lowest BCUT2D eigenvalue weighted by atomic mass is 10.2. The molecular formula is C20H38IN5O3. The fourth-order valence-corrected chi connectivity index (χ4v) is 4.00. The summed E-state index contributed by atoms with van der Waals surface area (Å²) in [6.07, 6.45) is 3.93. The summed E-state index contributed by atoms with van der Waals surface area (Å²) in [5.41, 5.74) is 0. The average molecular weight is 523 g/mol. The molecule has 3 rings (SSSR count). The zero-order valence-corrected chi connectivity index (χ0v) is 20.1. The van der Waals surface area contributed by atoms with Gasteiger partial charge in [0.15, 0.2) is 5.96 Å². The quantitative estimate of drug-likeness (QED) is 0.233. The smallest absolute Gasteiger partial charge is 0.251 e. The maximum absolute atomic E-state index is 12.5. The molecule has 168 valence electrons. The molecule has 1 amide bonds. The van der Waals surface area contributed by atoms with E-state index in [9.17, 15) is 4.79 Å². The normalized spacial score (nSPS) is 23.8. The minimum Gasteiger partial charge on any atom is -0.379 e. The molecule has 1 unspecified atom stereocenters. The molecule has 29 heavy (non-hydrogen) atoms. The summed E-state index contributed by atoms with van der Waals surface area (Å²) in [5.74, 6) is 1.15. The van der Waals surface area contributed by atoms with Crippen LogP contribution in [-0.4, -0.2) is 111 Å². The molecule has 0 aromatic carbocycles. The van der Waals surface area contributed by atoms with Crippen LogP contribution in [0, 0.1) is 0 Å². The highest BCUT2D eigenvalue weighted by Crippen LogP contribution is 2.16. The van der Waals surface area contributed by atoms with Gasteiger partial charge in [0.2, 0.25) is 0 Å². The molecule has 3 aliphatic heterocycles. The summed E-state index contributed by atoms with van der Waals surface area (Å²) in [6.45, 7) is 12.7. The van der Waals surface area contributed by atoms with Crippen molar-refractivity contribution >= 4 is 35.8 Å². The van der Waals surface area contributed by atoms with Crippen molar-refractivity contribution < 1.29 is 14.3 Å². The second-order valence-corrected chi connectivity index (χ2v) is 7.71. The van der Waals surface area contributed by atoms with Crippen LogP contribution in [0.1, 0.15) is 32.6 Å². The number of nitrogens with zero attached hydrogens (tertiary/aromatic N) is 4. The zero-order chi connectivity index (χ0) is 19.6. The maximum atomic E-state index is 12.5. The number of morpholine rings is 1. The van der Waals surface area contributed by atoms with E-state index in [1.54, 1.807) is 0 Å². The molecule has 0 saturated carbocycles. The molecule has 3 saturated heterocycles.